The molecule has 1 aromatic heterocycles. The van der Waals surface area contributed by atoms with Crippen molar-refractivity contribution in [2.24, 2.45) is 0 Å². The van der Waals surface area contributed by atoms with Crippen LogP contribution < -0.4 is 4.74 Å². The highest BCUT2D eigenvalue weighted by Gasteiger charge is 2.22. The van der Waals surface area contributed by atoms with Crippen LogP contribution in [0.3, 0.4) is 0 Å². The van der Waals surface area contributed by atoms with E-state index in [0.717, 1.165) is 6.07 Å². The minimum absolute atomic E-state index is 0.0543. The van der Waals surface area contributed by atoms with Crippen molar-refractivity contribution < 1.29 is 24.0 Å². The van der Waals surface area contributed by atoms with Crippen LogP contribution in [0, 0.1) is 10.1 Å². The lowest BCUT2D eigenvalue weighted by Crippen LogP contribution is -2.04. The lowest BCUT2D eigenvalue weighted by atomic mass is 10.2. The Hall–Kier alpha value is -2.06. The van der Waals surface area contributed by atoms with E-state index in [4.69, 9.17) is 25.9 Å². The highest BCUT2D eigenvalue weighted by atomic mass is 79.9. The van der Waals surface area contributed by atoms with Gasteiger partial charge in [0, 0.05) is 11.1 Å². The molecule has 9 heteroatoms. The first kappa shape index (κ1) is 15.3. The van der Waals surface area contributed by atoms with E-state index in [1.54, 1.807) is 0 Å². The molecule has 110 valence electrons. The fraction of sp³-hybridized carbons (Fsp3) is 0.0833. The average Bonchev–Trinajstić information content (AvgIpc) is 2.85. The molecule has 0 saturated heterocycles. The van der Waals surface area contributed by atoms with Gasteiger partial charge >= 0.3 is 11.7 Å². The van der Waals surface area contributed by atoms with Gasteiger partial charge in [-0.15, -0.1) is 0 Å². The largest absolute Gasteiger partial charge is 0.478 e. The van der Waals surface area contributed by atoms with Gasteiger partial charge in [-0.3, -0.25) is 10.1 Å². The standard InChI is InChI=1S/C12H7BrClNO6/c13-8-3-6(14)4-9(15(18)19)11(8)21-5-10-7(12(16)17)1-2-20-10/h1-4H,5H2,(H,16,17). The summed E-state index contributed by atoms with van der Waals surface area (Å²) in [5.41, 5.74) is -0.402. The molecule has 1 aromatic carbocycles. The number of carbonyl (C=O) groups is 1. The van der Waals surface area contributed by atoms with Gasteiger partial charge in [0.25, 0.3) is 0 Å². The summed E-state index contributed by atoms with van der Waals surface area (Å²) in [7, 11) is 0. The molecule has 1 heterocycles. The minimum atomic E-state index is -1.17. The van der Waals surface area contributed by atoms with E-state index >= 15 is 0 Å². The summed E-state index contributed by atoms with van der Waals surface area (Å²) in [6.07, 6.45) is 1.20. The fourth-order valence-corrected chi connectivity index (χ4v) is 2.51. The molecule has 0 aliphatic carbocycles. The van der Waals surface area contributed by atoms with Crippen LogP contribution in [0.4, 0.5) is 5.69 Å². The quantitative estimate of drug-likeness (QED) is 0.627. The van der Waals surface area contributed by atoms with E-state index in [2.05, 4.69) is 15.9 Å². The molecule has 0 fully saturated rings. The Balaban J connectivity index is 2.30. The monoisotopic (exact) mass is 375 g/mol. The van der Waals surface area contributed by atoms with Crippen molar-refractivity contribution >= 4 is 39.2 Å². The second-order valence-electron chi connectivity index (χ2n) is 3.84. The van der Waals surface area contributed by atoms with Gasteiger partial charge in [-0.1, -0.05) is 11.6 Å². The molecule has 0 spiro atoms. The molecule has 0 aliphatic rings. The van der Waals surface area contributed by atoms with Crippen molar-refractivity contribution in [3.8, 4) is 5.75 Å². The number of ether oxygens (including phenoxy) is 1. The lowest BCUT2D eigenvalue weighted by Gasteiger charge is -2.08. The molecule has 0 amide bonds. The Morgan fingerprint density at radius 1 is 1.52 bits per heavy atom. The topological polar surface area (TPSA) is 103 Å². The number of nitro benzene ring substituents is 1. The third-order valence-electron chi connectivity index (χ3n) is 2.51. The summed E-state index contributed by atoms with van der Waals surface area (Å²) in [4.78, 5) is 21.3. The Kier molecular flexibility index (Phi) is 4.49. The van der Waals surface area contributed by atoms with Crippen molar-refractivity contribution in [2.75, 3.05) is 0 Å². The summed E-state index contributed by atoms with van der Waals surface area (Å²) in [5, 5.41) is 20.1. The molecule has 21 heavy (non-hydrogen) atoms. The van der Waals surface area contributed by atoms with Crippen molar-refractivity contribution in [2.45, 2.75) is 6.61 Å². The van der Waals surface area contributed by atoms with Crippen LogP contribution in [-0.4, -0.2) is 16.0 Å². The summed E-state index contributed by atoms with van der Waals surface area (Å²) < 4.78 is 10.6. The maximum absolute atomic E-state index is 11.0. The fourth-order valence-electron chi connectivity index (χ4n) is 1.61. The van der Waals surface area contributed by atoms with Crippen molar-refractivity contribution in [1.29, 1.82) is 0 Å². The Bertz CT molecular complexity index is 714. The van der Waals surface area contributed by atoms with Gasteiger partial charge in [0.2, 0.25) is 5.75 Å². The normalized spacial score (nSPS) is 10.4. The molecule has 0 bridgehead atoms. The number of nitrogens with zero attached hydrogens (tertiary/aromatic N) is 1. The lowest BCUT2D eigenvalue weighted by molar-refractivity contribution is -0.386. The van der Waals surface area contributed by atoms with Gasteiger partial charge in [-0.25, -0.2) is 4.79 Å². The first-order valence-corrected chi connectivity index (χ1v) is 6.63. The van der Waals surface area contributed by atoms with Crippen molar-refractivity contribution in [3.05, 3.63) is 55.4 Å². The van der Waals surface area contributed by atoms with Gasteiger partial charge < -0.3 is 14.3 Å². The van der Waals surface area contributed by atoms with Crippen LogP contribution in [0.15, 0.2) is 33.4 Å². The number of aromatic carboxylic acids is 1. The van der Waals surface area contributed by atoms with Gasteiger partial charge in [-0.05, 0) is 28.1 Å². The first-order valence-electron chi connectivity index (χ1n) is 5.46. The number of furan rings is 1. The van der Waals surface area contributed by atoms with Crippen LogP contribution in [0.1, 0.15) is 16.1 Å². The molecular weight excluding hydrogens is 369 g/mol. The predicted molar refractivity (Wildman–Crippen MR) is 75.8 cm³/mol. The van der Waals surface area contributed by atoms with Crippen LogP contribution in [0.5, 0.6) is 5.75 Å². The van der Waals surface area contributed by atoms with Gasteiger partial charge in [-0.2, -0.15) is 0 Å². The zero-order valence-electron chi connectivity index (χ0n) is 10.2. The molecule has 0 radical (unpaired) electrons. The average molecular weight is 377 g/mol. The molecule has 7 nitrogen and oxygen atoms in total. The molecule has 0 atom stereocenters. The maximum atomic E-state index is 11.0. The van der Waals surface area contributed by atoms with Crippen LogP contribution in [0.2, 0.25) is 5.02 Å². The van der Waals surface area contributed by atoms with Crippen molar-refractivity contribution in [3.63, 3.8) is 0 Å². The number of hydrogen-bond acceptors (Lipinski definition) is 5. The first-order chi connectivity index (χ1) is 9.90. The van der Waals surface area contributed by atoms with E-state index in [-0.39, 0.29) is 38.9 Å². The second-order valence-corrected chi connectivity index (χ2v) is 5.14. The predicted octanol–water partition coefficient (Wildman–Crippen LogP) is 3.88. The number of carboxylic acid groups (broad SMARTS) is 1. The van der Waals surface area contributed by atoms with E-state index in [9.17, 15) is 14.9 Å². The zero-order chi connectivity index (χ0) is 15.6. The summed E-state index contributed by atoms with van der Waals surface area (Å²) in [6, 6.07) is 3.85. The Morgan fingerprint density at radius 2 is 2.24 bits per heavy atom. The molecular formula is C12H7BrClNO6. The molecule has 1 N–H and O–H groups in total. The molecule has 0 unspecified atom stereocenters. The third kappa shape index (κ3) is 3.34. The smallest absolute Gasteiger partial charge is 0.339 e. The second kappa shape index (κ2) is 6.15. The number of halogens is 2. The van der Waals surface area contributed by atoms with Crippen molar-refractivity contribution in [1.82, 2.24) is 0 Å². The Morgan fingerprint density at radius 3 is 2.86 bits per heavy atom. The van der Waals surface area contributed by atoms with Gasteiger partial charge in [0.1, 0.15) is 12.2 Å². The maximum Gasteiger partial charge on any atom is 0.339 e. The van der Waals surface area contributed by atoms with E-state index < -0.39 is 10.9 Å². The minimum Gasteiger partial charge on any atom is -0.478 e. The molecule has 0 aliphatic heterocycles. The van der Waals surface area contributed by atoms with Crippen LogP contribution >= 0.6 is 27.5 Å². The van der Waals surface area contributed by atoms with Gasteiger partial charge in [0.15, 0.2) is 5.76 Å². The van der Waals surface area contributed by atoms with Crippen LogP contribution in [-0.2, 0) is 6.61 Å². The molecule has 0 saturated carbocycles. The van der Waals surface area contributed by atoms with Gasteiger partial charge in [0.05, 0.1) is 15.7 Å². The van der Waals surface area contributed by atoms with E-state index in [0.29, 0.717) is 0 Å². The molecule has 2 rings (SSSR count). The highest BCUT2D eigenvalue weighted by molar-refractivity contribution is 9.10. The van der Waals surface area contributed by atoms with E-state index in [1.165, 1.54) is 18.4 Å². The summed E-state index contributed by atoms with van der Waals surface area (Å²) in [5.74, 6) is -1.18. The number of nitro groups is 1. The van der Waals surface area contributed by atoms with Crippen LogP contribution in [0.25, 0.3) is 0 Å². The SMILES string of the molecule is O=C(O)c1ccoc1COc1c(Br)cc(Cl)cc1[N+](=O)[O-]. The third-order valence-corrected chi connectivity index (χ3v) is 3.32. The summed E-state index contributed by atoms with van der Waals surface area (Å²) in [6.45, 7) is -0.268. The number of benzene rings is 1. The highest BCUT2D eigenvalue weighted by Crippen LogP contribution is 2.38. The number of hydrogen-bond donors (Lipinski definition) is 1. The zero-order valence-corrected chi connectivity index (χ0v) is 12.6. The number of rotatable bonds is 5. The molecule has 2 aromatic rings. The Labute approximate surface area is 131 Å². The summed E-state index contributed by atoms with van der Waals surface area (Å²) >= 11 is 8.86. The number of carboxylic acids is 1. The van der Waals surface area contributed by atoms with E-state index in [1.807, 2.05) is 0 Å².